The molecule has 0 atom stereocenters. The minimum Gasteiger partial charge on any atom is -0.434 e. The number of rotatable bonds is 4. The predicted molar refractivity (Wildman–Crippen MR) is 53.2 cm³/mol. The maximum absolute atomic E-state index is 12.1. The lowest BCUT2D eigenvalue weighted by Gasteiger charge is -2.11. The normalized spacial score (nSPS) is 10.3. The maximum atomic E-state index is 12.1. The summed E-state index contributed by atoms with van der Waals surface area (Å²) in [7, 11) is 0. The summed E-state index contributed by atoms with van der Waals surface area (Å²) >= 11 is 0. The van der Waals surface area contributed by atoms with Crippen LogP contribution in [0.5, 0.6) is 5.75 Å². The van der Waals surface area contributed by atoms with Crippen molar-refractivity contribution in [2.75, 3.05) is 0 Å². The number of benzene rings is 1. The first-order chi connectivity index (χ1) is 7.45. The number of Topliss-reactive ketones (excluding diaryl/α,β-unsaturated/α-hetero) is 1. The van der Waals surface area contributed by atoms with Crippen molar-refractivity contribution in [1.82, 2.24) is 0 Å². The first-order valence-electron chi connectivity index (χ1n) is 4.51. The van der Waals surface area contributed by atoms with Gasteiger partial charge in [0.2, 0.25) is 0 Å². The van der Waals surface area contributed by atoms with Crippen molar-refractivity contribution in [2.24, 2.45) is 0 Å². The Kier molecular flexibility index (Phi) is 3.71. The lowest BCUT2D eigenvalue weighted by Crippen LogP contribution is -2.08. The van der Waals surface area contributed by atoms with E-state index in [0.29, 0.717) is 11.8 Å². The number of halogens is 2. The van der Waals surface area contributed by atoms with Gasteiger partial charge in [0.05, 0.1) is 5.56 Å². The van der Waals surface area contributed by atoms with Gasteiger partial charge < -0.3 is 4.74 Å². The highest BCUT2D eigenvalue weighted by Crippen LogP contribution is 2.26. The summed E-state index contributed by atoms with van der Waals surface area (Å²) < 4.78 is 28.4. The second-order valence-electron chi connectivity index (χ2n) is 3.26. The van der Waals surface area contributed by atoms with Crippen molar-refractivity contribution in [3.63, 3.8) is 0 Å². The van der Waals surface area contributed by atoms with E-state index in [-0.39, 0.29) is 22.7 Å². The minimum absolute atomic E-state index is 0.0749. The second-order valence-corrected chi connectivity index (χ2v) is 3.26. The standard InChI is InChI=1S/C11H10F2O3/c1-6-3-8(5-14)4-9(16-11(12)13)10(6)7(2)15/h3-5,11H,1-2H3. The number of aryl methyl sites for hydroxylation is 1. The third-order valence-electron chi connectivity index (χ3n) is 2.03. The van der Waals surface area contributed by atoms with Crippen LogP contribution in [0.25, 0.3) is 0 Å². The van der Waals surface area contributed by atoms with Crippen LogP contribution in [0.4, 0.5) is 8.78 Å². The third-order valence-corrected chi connectivity index (χ3v) is 2.03. The molecule has 0 bridgehead atoms. The van der Waals surface area contributed by atoms with Crippen LogP contribution in [0, 0.1) is 6.92 Å². The van der Waals surface area contributed by atoms with Gasteiger partial charge in [-0.1, -0.05) is 0 Å². The van der Waals surface area contributed by atoms with Crippen LogP contribution in [-0.2, 0) is 0 Å². The molecule has 0 N–H and O–H groups in total. The van der Waals surface area contributed by atoms with Gasteiger partial charge in [-0.2, -0.15) is 8.78 Å². The highest BCUT2D eigenvalue weighted by atomic mass is 19.3. The van der Waals surface area contributed by atoms with Gasteiger partial charge in [-0.05, 0) is 31.5 Å². The summed E-state index contributed by atoms with van der Waals surface area (Å²) in [4.78, 5) is 21.8. The van der Waals surface area contributed by atoms with Crippen LogP contribution in [0.15, 0.2) is 12.1 Å². The average molecular weight is 228 g/mol. The van der Waals surface area contributed by atoms with Gasteiger partial charge in [-0.15, -0.1) is 0 Å². The maximum Gasteiger partial charge on any atom is 0.387 e. The summed E-state index contributed by atoms with van der Waals surface area (Å²) in [6.07, 6.45) is 0.509. The van der Waals surface area contributed by atoms with E-state index in [4.69, 9.17) is 0 Å². The average Bonchev–Trinajstić information content (AvgIpc) is 2.14. The number of ether oxygens (including phenoxy) is 1. The number of aldehydes is 1. The SMILES string of the molecule is CC(=O)c1c(C)cc(C=O)cc1OC(F)F. The molecule has 1 rings (SSSR count). The molecule has 5 heteroatoms. The zero-order valence-electron chi connectivity index (χ0n) is 8.79. The molecule has 1 aromatic rings. The summed E-state index contributed by atoms with van der Waals surface area (Å²) in [6, 6.07) is 2.57. The summed E-state index contributed by atoms with van der Waals surface area (Å²) in [5.74, 6) is -0.643. The van der Waals surface area contributed by atoms with Gasteiger partial charge in [0.25, 0.3) is 0 Å². The van der Waals surface area contributed by atoms with Gasteiger partial charge in [0.15, 0.2) is 5.78 Å². The van der Waals surface area contributed by atoms with Crippen molar-refractivity contribution in [3.8, 4) is 5.75 Å². The number of alkyl halides is 2. The lowest BCUT2D eigenvalue weighted by molar-refractivity contribution is -0.0501. The van der Waals surface area contributed by atoms with E-state index in [2.05, 4.69) is 4.74 Å². The molecule has 0 spiro atoms. The lowest BCUT2D eigenvalue weighted by atomic mass is 10.0. The molecule has 1 aromatic carbocycles. The van der Waals surface area contributed by atoms with Gasteiger partial charge in [0.1, 0.15) is 12.0 Å². The number of hydrogen-bond acceptors (Lipinski definition) is 3. The molecule has 0 fully saturated rings. The van der Waals surface area contributed by atoms with Crippen molar-refractivity contribution < 1.29 is 23.1 Å². The molecule has 0 aliphatic carbocycles. The van der Waals surface area contributed by atoms with Crippen LogP contribution >= 0.6 is 0 Å². The molecule has 3 nitrogen and oxygen atoms in total. The largest absolute Gasteiger partial charge is 0.434 e. The van der Waals surface area contributed by atoms with Crippen molar-refractivity contribution in [3.05, 3.63) is 28.8 Å². The molecular formula is C11H10F2O3. The second kappa shape index (κ2) is 4.83. The number of carbonyl (C=O) groups is 2. The molecule has 0 saturated heterocycles. The van der Waals surface area contributed by atoms with Gasteiger partial charge in [-0.25, -0.2) is 0 Å². The summed E-state index contributed by atoms with van der Waals surface area (Å²) in [5.41, 5.74) is 0.705. The Morgan fingerprint density at radius 2 is 2.06 bits per heavy atom. The number of hydrogen-bond donors (Lipinski definition) is 0. The van der Waals surface area contributed by atoms with E-state index in [1.54, 1.807) is 6.92 Å². The van der Waals surface area contributed by atoms with Crippen molar-refractivity contribution >= 4 is 12.1 Å². The molecule has 0 amide bonds. The van der Waals surface area contributed by atoms with Gasteiger partial charge in [0, 0.05) is 5.56 Å². The van der Waals surface area contributed by atoms with Crippen LogP contribution in [0.2, 0.25) is 0 Å². The highest BCUT2D eigenvalue weighted by Gasteiger charge is 2.16. The monoisotopic (exact) mass is 228 g/mol. The Morgan fingerprint density at radius 3 is 2.50 bits per heavy atom. The molecule has 16 heavy (non-hydrogen) atoms. The molecule has 0 aliphatic heterocycles. The van der Waals surface area contributed by atoms with Crippen LogP contribution in [0.1, 0.15) is 33.2 Å². The van der Waals surface area contributed by atoms with Crippen LogP contribution in [0.3, 0.4) is 0 Å². The van der Waals surface area contributed by atoms with Crippen molar-refractivity contribution in [1.29, 1.82) is 0 Å². The van der Waals surface area contributed by atoms with E-state index in [9.17, 15) is 18.4 Å². The Balaban J connectivity index is 3.34. The topological polar surface area (TPSA) is 43.4 Å². The third kappa shape index (κ3) is 2.62. The van der Waals surface area contributed by atoms with E-state index in [1.165, 1.54) is 13.0 Å². The highest BCUT2D eigenvalue weighted by molar-refractivity contribution is 5.99. The Labute approximate surface area is 91.0 Å². The molecule has 0 saturated carbocycles. The number of ketones is 1. The van der Waals surface area contributed by atoms with Crippen LogP contribution in [-0.4, -0.2) is 18.7 Å². The summed E-state index contributed by atoms with van der Waals surface area (Å²) in [6.45, 7) is -0.219. The molecule has 0 heterocycles. The van der Waals surface area contributed by atoms with E-state index < -0.39 is 6.61 Å². The molecule has 0 radical (unpaired) electrons. The van der Waals surface area contributed by atoms with Gasteiger partial charge in [-0.3, -0.25) is 9.59 Å². The zero-order chi connectivity index (χ0) is 12.3. The molecular weight excluding hydrogens is 218 g/mol. The fraction of sp³-hybridized carbons (Fsp3) is 0.273. The first-order valence-corrected chi connectivity index (χ1v) is 4.51. The Bertz CT molecular complexity index is 427. The zero-order valence-corrected chi connectivity index (χ0v) is 8.79. The fourth-order valence-corrected chi connectivity index (χ4v) is 1.49. The minimum atomic E-state index is -3.03. The predicted octanol–water partition coefficient (Wildman–Crippen LogP) is 2.61. The van der Waals surface area contributed by atoms with Gasteiger partial charge >= 0.3 is 6.61 Å². The summed E-state index contributed by atoms with van der Waals surface area (Å²) in [5, 5.41) is 0. The molecule has 0 aromatic heterocycles. The van der Waals surface area contributed by atoms with E-state index in [0.717, 1.165) is 6.07 Å². The van der Waals surface area contributed by atoms with E-state index >= 15 is 0 Å². The smallest absolute Gasteiger partial charge is 0.387 e. The molecule has 0 unspecified atom stereocenters. The number of carbonyl (C=O) groups excluding carboxylic acids is 2. The van der Waals surface area contributed by atoms with Crippen molar-refractivity contribution in [2.45, 2.75) is 20.5 Å². The molecule has 0 aliphatic rings. The first kappa shape index (κ1) is 12.3. The Hall–Kier alpha value is -1.78. The van der Waals surface area contributed by atoms with E-state index in [1.807, 2.05) is 0 Å². The fourth-order valence-electron chi connectivity index (χ4n) is 1.49. The molecule has 86 valence electrons. The Morgan fingerprint density at radius 1 is 1.44 bits per heavy atom. The quantitative estimate of drug-likeness (QED) is 0.587. The van der Waals surface area contributed by atoms with Crippen LogP contribution < -0.4 is 4.74 Å².